The molecule has 0 saturated heterocycles. The molecule has 0 aliphatic rings. The van der Waals surface area contributed by atoms with Crippen LogP contribution < -0.4 is 5.32 Å². The van der Waals surface area contributed by atoms with Crippen molar-refractivity contribution in [3.8, 4) is 0 Å². The van der Waals surface area contributed by atoms with E-state index in [1.807, 2.05) is 13.8 Å². The third-order valence-electron chi connectivity index (χ3n) is 3.57. The van der Waals surface area contributed by atoms with Gasteiger partial charge in [-0.1, -0.05) is 26.0 Å². The van der Waals surface area contributed by atoms with Crippen LogP contribution in [0.4, 0.5) is 10.2 Å². The van der Waals surface area contributed by atoms with E-state index in [4.69, 9.17) is 0 Å². The van der Waals surface area contributed by atoms with Gasteiger partial charge < -0.3 is 5.32 Å². The van der Waals surface area contributed by atoms with Crippen LogP contribution in [0.2, 0.25) is 0 Å². The van der Waals surface area contributed by atoms with Gasteiger partial charge in [0, 0.05) is 12.1 Å². The van der Waals surface area contributed by atoms with Crippen LogP contribution in [0, 0.1) is 11.7 Å². The second-order valence-corrected chi connectivity index (χ2v) is 6.01. The summed E-state index contributed by atoms with van der Waals surface area (Å²) in [5.41, 5.74) is 0.939. The van der Waals surface area contributed by atoms with Gasteiger partial charge in [0.15, 0.2) is 5.82 Å². The lowest BCUT2D eigenvalue weighted by atomic mass is 10.0. The molecule has 1 aromatic heterocycles. The maximum absolute atomic E-state index is 12.9. The molecular formula is C16H19BrFN3O. The molecule has 4 nitrogen and oxygen atoms in total. The molecule has 118 valence electrons. The molecule has 0 spiro atoms. The van der Waals surface area contributed by atoms with E-state index >= 15 is 0 Å². The van der Waals surface area contributed by atoms with Crippen molar-refractivity contribution >= 4 is 27.7 Å². The van der Waals surface area contributed by atoms with Crippen molar-refractivity contribution in [1.29, 1.82) is 0 Å². The van der Waals surface area contributed by atoms with Gasteiger partial charge in [0.05, 0.1) is 11.0 Å². The number of benzene rings is 1. The first-order chi connectivity index (χ1) is 10.5. The Labute approximate surface area is 137 Å². The highest BCUT2D eigenvalue weighted by Crippen LogP contribution is 2.22. The summed E-state index contributed by atoms with van der Waals surface area (Å²) in [6.07, 6.45) is 3.40. The number of hydrogen-bond acceptors (Lipinski definition) is 2. The lowest BCUT2D eigenvalue weighted by molar-refractivity contribution is -0.120. The predicted molar refractivity (Wildman–Crippen MR) is 88.1 cm³/mol. The minimum Gasteiger partial charge on any atom is -0.308 e. The zero-order chi connectivity index (χ0) is 16.1. The number of anilines is 1. The van der Waals surface area contributed by atoms with Gasteiger partial charge in [0.25, 0.3) is 0 Å². The summed E-state index contributed by atoms with van der Waals surface area (Å²) in [5, 5.41) is 7.21. The molecule has 0 aliphatic carbocycles. The zero-order valence-corrected chi connectivity index (χ0v) is 14.2. The monoisotopic (exact) mass is 367 g/mol. The quantitative estimate of drug-likeness (QED) is 0.831. The van der Waals surface area contributed by atoms with Crippen molar-refractivity contribution in [3.05, 3.63) is 46.3 Å². The van der Waals surface area contributed by atoms with E-state index in [0.717, 1.165) is 22.9 Å². The first kappa shape index (κ1) is 16.7. The van der Waals surface area contributed by atoms with Gasteiger partial charge in [0.2, 0.25) is 5.91 Å². The van der Waals surface area contributed by atoms with Crippen molar-refractivity contribution < 1.29 is 9.18 Å². The smallest absolute Gasteiger partial charge is 0.228 e. The number of carbonyl (C=O) groups excluding carboxylic acids is 1. The Morgan fingerprint density at radius 1 is 1.32 bits per heavy atom. The Balaban J connectivity index is 2.07. The topological polar surface area (TPSA) is 46.9 Å². The summed E-state index contributed by atoms with van der Waals surface area (Å²) < 4.78 is 15.3. The SMILES string of the molecule is CCC(CC)C(=O)Nc1nn(Cc2ccc(F)cc2)cc1Br. The number of halogens is 2. The second kappa shape index (κ2) is 7.54. The molecule has 0 saturated carbocycles. The Bertz CT molecular complexity index is 635. The number of rotatable bonds is 6. The van der Waals surface area contributed by atoms with Crippen molar-refractivity contribution in [2.75, 3.05) is 5.32 Å². The molecule has 1 amide bonds. The fraction of sp³-hybridized carbons (Fsp3) is 0.375. The lowest BCUT2D eigenvalue weighted by Gasteiger charge is -2.11. The van der Waals surface area contributed by atoms with Crippen molar-refractivity contribution in [2.45, 2.75) is 33.2 Å². The van der Waals surface area contributed by atoms with Crippen molar-refractivity contribution in [3.63, 3.8) is 0 Å². The van der Waals surface area contributed by atoms with Crippen LogP contribution in [0.3, 0.4) is 0 Å². The van der Waals surface area contributed by atoms with Crippen molar-refractivity contribution in [1.82, 2.24) is 9.78 Å². The minimum atomic E-state index is -0.261. The Hall–Kier alpha value is -1.69. The summed E-state index contributed by atoms with van der Waals surface area (Å²) in [4.78, 5) is 12.1. The van der Waals surface area contributed by atoms with Gasteiger partial charge >= 0.3 is 0 Å². The highest BCUT2D eigenvalue weighted by Gasteiger charge is 2.17. The number of hydrogen-bond donors (Lipinski definition) is 1. The van der Waals surface area contributed by atoms with Gasteiger partial charge in [-0.25, -0.2) is 4.39 Å². The van der Waals surface area contributed by atoms with E-state index in [2.05, 4.69) is 26.3 Å². The van der Waals surface area contributed by atoms with Crippen LogP contribution >= 0.6 is 15.9 Å². The summed E-state index contributed by atoms with van der Waals surface area (Å²) in [6.45, 7) is 4.51. The third kappa shape index (κ3) is 4.16. The molecule has 0 aliphatic heterocycles. The van der Waals surface area contributed by atoms with E-state index in [0.29, 0.717) is 12.4 Å². The molecule has 6 heteroatoms. The highest BCUT2D eigenvalue weighted by atomic mass is 79.9. The number of nitrogens with zero attached hydrogens (tertiary/aromatic N) is 2. The molecule has 2 rings (SSSR count). The van der Waals surface area contributed by atoms with Gasteiger partial charge in [0.1, 0.15) is 5.82 Å². The number of nitrogens with one attached hydrogen (secondary N) is 1. The van der Waals surface area contributed by atoms with E-state index in [9.17, 15) is 9.18 Å². The maximum Gasteiger partial charge on any atom is 0.228 e. The molecule has 2 aromatic rings. The van der Waals surface area contributed by atoms with E-state index in [1.54, 1.807) is 23.0 Å². The predicted octanol–water partition coefficient (Wildman–Crippen LogP) is 4.21. The molecule has 22 heavy (non-hydrogen) atoms. The zero-order valence-electron chi connectivity index (χ0n) is 12.6. The van der Waals surface area contributed by atoms with Gasteiger partial charge in [-0.05, 0) is 46.5 Å². The molecule has 0 radical (unpaired) electrons. The van der Waals surface area contributed by atoms with Crippen LogP contribution in [-0.2, 0) is 11.3 Å². The fourth-order valence-corrected chi connectivity index (χ4v) is 2.63. The van der Waals surface area contributed by atoms with Crippen LogP contribution in [0.25, 0.3) is 0 Å². The first-order valence-corrected chi connectivity index (χ1v) is 8.11. The summed E-state index contributed by atoms with van der Waals surface area (Å²) in [7, 11) is 0. The molecule has 1 aromatic carbocycles. The Morgan fingerprint density at radius 3 is 2.55 bits per heavy atom. The number of carbonyl (C=O) groups is 1. The molecule has 1 N–H and O–H groups in total. The molecule has 0 fully saturated rings. The molecule has 1 heterocycles. The molecular weight excluding hydrogens is 349 g/mol. The molecule has 0 unspecified atom stereocenters. The summed E-state index contributed by atoms with van der Waals surface area (Å²) in [5.74, 6) is 0.231. The standard InChI is InChI=1S/C16H19BrFN3O/c1-3-12(4-2)16(22)19-15-14(17)10-21(20-15)9-11-5-7-13(18)8-6-11/h5-8,10,12H,3-4,9H2,1-2H3,(H,19,20,22). The largest absolute Gasteiger partial charge is 0.308 e. The minimum absolute atomic E-state index is 0.00542. The Morgan fingerprint density at radius 2 is 1.95 bits per heavy atom. The first-order valence-electron chi connectivity index (χ1n) is 7.31. The molecule has 0 bridgehead atoms. The van der Waals surface area contributed by atoms with Gasteiger partial charge in [-0.15, -0.1) is 0 Å². The van der Waals surface area contributed by atoms with Crippen LogP contribution in [-0.4, -0.2) is 15.7 Å². The van der Waals surface area contributed by atoms with E-state index in [-0.39, 0.29) is 17.6 Å². The maximum atomic E-state index is 12.9. The van der Waals surface area contributed by atoms with E-state index < -0.39 is 0 Å². The Kier molecular flexibility index (Phi) is 5.71. The second-order valence-electron chi connectivity index (χ2n) is 5.15. The van der Waals surface area contributed by atoms with Gasteiger partial charge in [-0.2, -0.15) is 5.10 Å². The van der Waals surface area contributed by atoms with Crippen LogP contribution in [0.15, 0.2) is 34.9 Å². The van der Waals surface area contributed by atoms with Gasteiger partial charge in [-0.3, -0.25) is 9.48 Å². The average molecular weight is 368 g/mol. The van der Waals surface area contributed by atoms with E-state index in [1.165, 1.54) is 12.1 Å². The van der Waals surface area contributed by atoms with Crippen LogP contribution in [0.1, 0.15) is 32.3 Å². The fourth-order valence-electron chi connectivity index (χ4n) is 2.22. The highest BCUT2D eigenvalue weighted by molar-refractivity contribution is 9.10. The third-order valence-corrected chi connectivity index (χ3v) is 4.15. The average Bonchev–Trinajstić information content (AvgIpc) is 2.82. The van der Waals surface area contributed by atoms with Crippen LogP contribution in [0.5, 0.6) is 0 Å². The summed E-state index contributed by atoms with van der Waals surface area (Å²) >= 11 is 3.41. The summed E-state index contributed by atoms with van der Waals surface area (Å²) in [6, 6.07) is 6.27. The number of amides is 1. The number of aromatic nitrogens is 2. The molecule has 0 atom stereocenters. The normalized spacial score (nSPS) is 11.0. The van der Waals surface area contributed by atoms with Crippen molar-refractivity contribution in [2.24, 2.45) is 5.92 Å². The lowest BCUT2D eigenvalue weighted by Crippen LogP contribution is -2.22.